The molecule has 1 aliphatic heterocycles. The molecule has 2 rings (SSSR count). The van der Waals surface area contributed by atoms with Crippen LogP contribution >= 0.6 is 0 Å². The molecule has 12 heteroatoms. The maximum Gasteiger partial charge on any atom is 0.583 e. The molecular weight excluding hydrogens is 260 g/mol. The molecular formula is C7H7N8O4-. The lowest BCUT2D eigenvalue weighted by atomic mass is 10.5. The van der Waals surface area contributed by atoms with E-state index in [9.17, 15) is 20.2 Å². The number of hydrogen-bond acceptors (Lipinski definition) is 8. The van der Waals surface area contributed by atoms with Crippen LogP contribution in [0.3, 0.4) is 0 Å². The third-order valence-corrected chi connectivity index (χ3v) is 2.11. The number of aliphatic imine (C=N–C) groups is 1. The minimum absolute atomic E-state index is 0.0186. The lowest BCUT2D eigenvalue weighted by Crippen LogP contribution is -2.25. The number of nitro groups is 2. The van der Waals surface area contributed by atoms with Crippen molar-refractivity contribution in [1.82, 2.24) is 19.7 Å². The van der Waals surface area contributed by atoms with Gasteiger partial charge in [-0.3, -0.25) is 30.5 Å². The Labute approximate surface area is 105 Å². The van der Waals surface area contributed by atoms with E-state index in [0.717, 1.165) is 10.9 Å². The van der Waals surface area contributed by atoms with Crippen molar-refractivity contribution in [2.75, 3.05) is 14.1 Å². The largest absolute Gasteiger partial charge is 0.583 e. The Morgan fingerprint density at radius 1 is 1.37 bits per heavy atom. The van der Waals surface area contributed by atoms with Crippen LogP contribution in [0.1, 0.15) is 0 Å². The van der Waals surface area contributed by atoms with Crippen LogP contribution in [0.4, 0.5) is 5.95 Å². The van der Waals surface area contributed by atoms with Crippen LogP contribution in [-0.4, -0.2) is 49.6 Å². The molecule has 1 aromatic rings. The van der Waals surface area contributed by atoms with Crippen LogP contribution in [-0.2, 0) is 0 Å². The summed E-state index contributed by atoms with van der Waals surface area (Å²) in [5.41, 5.74) is 0. The average Bonchev–Trinajstić information content (AvgIpc) is 2.75. The molecule has 0 saturated heterocycles. The van der Waals surface area contributed by atoms with E-state index in [2.05, 4.69) is 20.5 Å². The predicted octanol–water partition coefficient (Wildman–Crippen LogP) is -0.149. The first-order valence-electron chi connectivity index (χ1n) is 4.83. The van der Waals surface area contributed by atoms with E-state index in [1.54, 1.807) is 14.1 Å². The third kappa shape index (κ3) is 2.05. The van der Waals surface area contributed by atoms with Gasteiger partial charge in [0.15, 0.2) is 0 Å². The van der Waals surface area contributed by atoms with Gasteiger partial charge in [-0.15, -0.1) is 0 Å². The summed E-state index contributed by atoms with van der Waals surface area (Å²) in [6, 6.07) is 0. The molecule has 0 aliphatic carbocycles. The smallest absolute Gasteiger partial charge is 0.398 e. The molecule has 1 aliphatic rings. The standard InChI is InChI=1S/C7H7N8O4/c1-12(2)6-9-4(5(14(16)17)15(18)19)13-3-8-11-7(13)10-6/h3H,1-2H3/q-1. The van der Waals surface area contributed by atoms with Crippen LogP contribution in [0, 0.1) is 20.2 Å². The van der Waals surface area contributed by atoms with E-state index in [-0.39, 0.29) is 11.9 Å². The van der Waals surface area contributed by atoms with Crippen molar-refractivity contribution in [2.45, 2.75) is 0 Å². The van der Waals surface area contributed by atoms with Crippen molar-refractivity contribution < 1.29 is 9.85 Å². The second-order valence-corrected chi connectivity index (χ2v) is 3.58. The van der Waals surface area contributed by atoms with Crippen LogP contribution < -0.4 is 0 Å². The lowest BCUT2D eigenvalue weighted by molar-refractivity contribution is -0.614. The second kappa shape index (κ2) is 4.32. The van der Waals surface area contributed by atoms with Gasteiger partial charge in [0, 0.05) is 0 Å². The fourth-order valence-corrected chi connectivity index (χ4v) is 1.31. The molecule has 0 atom stereocenters. The zero-order valence-corrected chi connectivity index (χ0v) is 9.79. The zero-order valence-electron chi connectivity index (χ0n) is 9.79. The molecule has 0 spiro atoms. The molecule has 0 radical (unpaired) electrons. The molecule has 100 valence electrons. The highest BCUT2D eigenvalue weighted by atomic mass is 16.7. The van der Waals surface area contributed by atoms with Crippen molar-refractivity contribution in [3.05, 3.63) is 37.7 Å². The molecule has 12 nitrogen and oxygen atoms in total. The number of aromatic nitrogens is 3. The van der Waals surface area contributed by atoms with Crippen LogP contribution in [0.25, 0.3) is 11.1 Å². The summed E-state index contributed by atoms with van der Waals surface area (Å²) in [7, 11) is 3.17. The SMILES string of the molecule is CN(C)C1=NC(=C([N+](=O)[O-])[N+](=O)[O-])n2cnnc2[N-]1. The Kier molecular flexibility index (Phi) is 2.82. The highest BCUT2D eigenvalue weighted by molar-refractivity contribution is 6.01. The summed E-state index contributed by atoms with van der Waals surface area (Å²) < 4.78 is 0.980. The van der Waals surface area contributed by atoms with E-state index in [4.69, 9.17) is 0 Å². The number of fused-ring (bicyclic) bond motifs is 1. The second-order valence-electron chi connectivity index (χ2n) is 3.58. The van der Waals surface area contributed by atoms with Crippen LogP contribution in [0.2, 0.25) is 0 Å². The van der Waals surface area contributed by atoms with Gasteiger partial charge in [0.1, 0.15) is 21.8 Å². The van der Waals surface area contributed by atoms with E-state index < -0.39 is 21.5 Å². The summed E-state index contributed by atoms with van der Waals surface area (Å²) in [5.74, 6) is -1.73. The Bertz CT molecular complexity index is 598. The lowest BCUT2D eigenvalue weighted by Gasteiger charge is -2.26. The van der Waals surface area contributed by atoms with E-state index in [1.807, 2.05) is 0 Å². The molecule has 0 N–H and O–H groups in total. The summed E-state index contributed by atoms with van der Waals surface area (Å²) in [6.07, 6.45) is 1.07. The van der Waals surface area contributed by atoms with Gasteiger partial charge in [-0.1, -0.05) is 0 Å². The first-order chi connectivity index (χ1) is 8.91. The Balaban J connectivity index is 2.70. The van der Waals surface area contributed by atoms with Crippen molar-refractivity contribution in [2.24, 2.45) is 4.99 Å². The Hall–Kier alpha value is -3.05. The number of hydrogen-bond donors (Lipinski definition) is 0. The van der Waals surface area contributed by atoms with Crippen molar-refractivity contribution in [3.63, 3.8) is 0 Å². The van der Waals surface area contributed by atoms with E-state index >= 15 is 0 Å². The number of rotatable bonds is 2. The van der Waals surface area contributed by atoms with E-state index in [1.165, 1.54) is 4.90 Å². The van der Waals surface area contributed by atoms with Crippen molar-refractivity contribution in [1.29, 1.82) is 0 Å². The normalized spacial score (nSPS) is 13.2. The maximum absolute atomic E-state index is 10.8. The molecule has 0 bridgehead atoms. The molecule has 1 aromatic heterocycles. The molecule has 0 saturated carbocycles. The van der Waals surface area contributed by atoms with Gasteiger partial charge in [0.2, 0.25) is 5.82 Å². The topological polar surface area (TPSA) is 147 Å². The van der Waals surface area contributed by atoms with Crippen LogP contribution in [0.15, 0.2) is 17.1 Å². The third-order valence-electron chi connectivity index (χ3n) is 2.11. The fourth-order valence-electron chi connectivity index (χ4n) is 1.31. The predicted molar refractivity (Wildman–Crippen MR) is 61.4 cm³/mol. The van der Waals surface area contributed by atoms with Gasteiger partial charge < -0.3 is 9.47 Å². The minimum Gasteiger partial charge on any atom is -0.398 e. The van der Waals surface area contributed by atoms with Gasteiger partial charge in [0.25, 0.3) is 0 Å². The molecule has 0 unspecified atom stereocenters. The number of guanidine groups is 1. The van der Waals surface area contributed by atoms with Gasteiger partial charge in [-0.2, -0.15) is 5.10 Å². The Morgan fingerprint density at radius 3 is 2.53 bits per heavy atom. The molecule has 2 heterocycles. The highest BCUT2D eigenvalue weighted by Gasteiger charge is 2.33. The monoisotopic (exact) mass is 267 g/mol. The molecule has 19 heavy (non-hydrogen) atoms. The van der Waals surface area contributed by atoms with Gasteiger partial charge in [0.05, 0.1) is 6.33 Å². The van der Waals surface area contributed by atoms with Gasteiger partial charge in [-0.05, 0) is 14.1 Å². The molecule has 0 fully saturated rings. The first-order valence-corrected chi connectivity index (χ1v) is 4.83. The Morgan fingerprint density at radius 2 is 2.00 bits per heavy atom. The van der Waals surface area contributed by atoms with Gasteiger partial charge in [-0.25, -0.2) is 5.10 Å². The summed E-state index contributed by atoms with van der Waals surface area (Å²) in [5, 5.41) is 32.6. The molecule has 0 aromatic carbocycles. The first kappa shape index (κ1) is 12.4. The number of nitrogens with zero attached hydrogens (tertiary/aromatic N) is 8. The maximum atomic E-state index is 10.8. The summed E-state index contributed by atoms with van der Waals surface area (Å²) in [4.78, 5) is 24.6. The van der Waals surface area contributed by atoms with Crippen LogP contribution in [0.5, 0.6) is 0 Å². The minimum atomic E-state index is -1.27. The summed E-state index contributed by atoms with van der Waals surface area (Å²) >= 11 is 0. The van der Waals surface area contributed by atoms with Crippen molar-refractivity contribution in [3.8, 4) is 0 Å². The quantitative estimate of drug-likeness (QED) is 0.534. The summed E-state index contributed by atoms with van der Waals surface area (Å²) in [6.45, 7) is 0. The fraction of sp³-hybridized carbons (Fsp3) is 0.286. The zero-order chi connectivity index (χ0) is 14.2. The average molecular weight is 267 g/mol. The van der Waals surface area contributed by atoms with E-state index in [0.29, 0.717) is 0 Å². The van der Waals surface area contributed by atoms with Gasteiger partial charge >= 0.3 is 5.82 Å². The highest BCUT2D eigenvalue weighted by Crippen LogP contribution is 2.29. The molecule has 0 amide bonds. The van der Waals surface area contributed by atoms with Crippen molar-refractivity contribution >= 4 is 17.7 Å².